The lowest BCUT2D eigenvalue weighted by atomic mass is 9.86. The number of ether oxygens (including phenoxy) is 1. The standard InChI is InChI=1S/C11H23NO2/c1-8(13)9(2)14-11-6-4-3-5-10(11)7-12/h8-11,13H,3-7,12H2,1-2H3. The summed E-state index contributed by atoms with van der Waals surface area (Å²) >= 11 is 0. The van der Waals surface area contributed by atoms with Gasteiger partial charge in [0.2, 0.25) is 0 Å². The number of aliphatic hydroxyl groups excluding tert-OH is 1. The van der Waals surface area contributed by atoms with Gasteiger partial charge < -0.3 is 15.6 Å². The van der Waals surface area contributed by atoms with E-state index in [2.05, 4.69) is 0 Å². The summed E-state index contributed by atoms with van der Waals surface area (Å²) in [6.45, 7) is 4.40. The average Bonchev–Trinajstić information content (AvgIpc) is 2.18. The highest BCUT2D eigenvalue weighted by Gasteiger charge is 2.27. The first-order valence-corrected chi connectivity index (χ1v) is 5.68. The molecule has 3 nitrogen and oxygen atoms in total. The van der Waals surface area contributed by atoms with Crippen molar-refractivity contribution in [2.45, 2.75) is 57.8 Å². The van der Waals surface area contributed by atoms with Crippen LogP contribution in [0.3, 0.4) is 0 Å². The summed E-state index contributed by atoms with van der Waals surface area (Å²) in [5, 5.41) is 9.35. The predicted molar refractivity (Wildman–Crippen MR) is 57.0 cm³/mol. The Balaban J connectivity index is 2.40. The number of aliphatic hydroxyl groups is 1. The first kappa shape index (κ1) is 12.0. The Morgan fingerprint density at radius 2 is 2.00 bits per heavy atom. The lowest BCUT2D eigenvalue weighted by Gasteiger charge is -2.33. The van der Waals surface area contributed by atoms with Crippen molar-refractivity contribution in [2.75, 3.05) is 6.54 Å². The van der Waals surface area contributed by atoms with Gasteiger partial charge in [-0.2, -0.15) is 0 Å². The van der Waals surface area contributed by atoms with Crippen LogP contribution in [0.1, 0.15) is 39.5 Å². The van der Waals surface area contributed by atoms with E-state index in [0.717, 1.165) is 6.42 Å². The van der Waals surface area contributed by atoms with Crippen molar-refractivity contribution in [3.63, 3.8) is 0 Å². The van der Waals surface area contributed by atoms with Crippen molar-refractivity contribution in [3.8, 4) is 0 Å². The Bertz CT molecular complexity index is 161. The summed E-state index contributed by atoms with van der Waals surface area (Å²) in [5.41, 5.74) is 5.70. The highest BCUT2D eigenvalue weighted by Crippen LogP contribution is 2.27. The van der Waals surface area contributed by atoms with Gasteiger partial charge in [-0.25, -0.2) is 0 Å². The maximum atomic E-state index is 9.35. The van der Waals surface area contributed by atoms with Crippen molar-refractivity contribution in [3.05, 3.63) is 0 Å². The molecule has 3 N–H and O–H groups in total. The molecule has 0 aromatic heterocycles. The Morgan fingerprint density at radius 1 is 1.36 bits per heavy atom. The van der Waals surface area contributed by atoms with Crippen molar-refractivity contribution >= 4 is 0 Å². The van der Waals surface area contributed by atoms with Crippen LogP contribution in [0.25, 0.3) is 0 Å². The highest BCUT2D eigenvalue weighted by molar-refractivity contribution is 4.78. The molecule has 0 spiro atoms. The van der Waals surface area contributed by atoms with E-state index in [1.165, 1.54) is 19.3 Å². The van der Waals surface area contributed by atoms with E-state index in [1.54, 1.807) is 6.92 Å². The fraction of sp³-hybridized carbons (Fsp3) is 1.00. The molecule has 0 bridgehead atoms. The predicted octanol–water partition coefficient (Wildman–Crippen LogP) is 1.29. The zero-order valence-corrected chi connectivity index (χ0v) is 9.28. The molecule has 14 heavy (non-hydrogen) atoms. The van der Waals surface area contributed by atoms with Crippen molar-refractivity contribution < 1.29 is 9.84 Å². The maximum absolute atomic E-state index is 9.35. The van der Waals surface area contributed by atoms with Crippen LogP contribution in [-0.2, 0) is 4.74 Å². The van der Waals surface area contributed by atoms with Gasteiger partial charge in [0.1, 0.15) is 0 Å². The van der Waals surface area contributed by atoms with E-state index in [1.807, 2.05) is 6.92 Å². The van der Waals surface area contributed by atoms with Gasteiger partial charge in [0.25, 0.3) is 0 Å². The quantitative estimate of drug-likeness (QED) is 0.720. The van der Waals surface area contributed by atoms with Crippen molar-refractivity contribution in [1.82, 2.24) is 0 Å². The van der Waals surface area contributed by atoms with Gasteiger partial charge in [-0.1, -0.05) is 12.8 Å². The Morgan fingerprint density at radius 3 is 2.57 bits per heavy atom. The average molecular weight is 201 g/mol. The van der Waals surface area contributed by atoms with Crippen LogP contribution >= 0.6 is 0 Å². The van der Waals surface area contributed by atoms with Gasteiger partial charge in [0.15, 0.2) is 0 Å². The van der Waals surface area contributed by atoms with E-state index in [4.69, 9.17) is 10.5 Å². The fourth-order valence-corrected chi connectivity index (χ4v) is 2.01. The Labute approximate surface area is 86.6 Å². The minimum absolute atomic E-state index is 0.0767. The van der Waals surface area contributed by atoms with Gasteiger partial charge in [0, 0.05) is 0 Å². The van der Waals surface area contributed by atoms with Crippen LogP contribution < -0.4 is 5.73 Å². The number of hydrogen-bond acceptors (Lipinski definition) is 3. The van der Waals surface area contributed by atoms with Gasteiger partial charge in [-0.05, 0) is 39.2 Å². The van der Waals surface area contributed by atoms with Crippen LogP contribution in [0.15, 0.2) is 0 Å². The molecule has 84 valence electrons. The van der Waals surface area contributed by atoms with Crippen molar-refractivity contribution in [1.29, 1.82) is 0 Å². The van der Waals surface area contributed by atoms with E-state index >= 15 is 0 Å². The SMILES string of the molecule is CC(O)C(C)OC1CCCCC1CN. The lowest BCUT2D eigenvalue weighted by molar-refractivity contribution is -0.0920. The molecule has 1 aliphatic rings. The lowest BCUT2D eigenvalue weighted by Crippen LogP contribution is -2.38. The summed E-state index contributed by atoms with van der Waals surface area (Å²) in [6, 6.07) is 0. The minimum Gasteiger partial charge on any atom is -0.391 e. The van der Waals surface area contributed by atoms with Gasteiger partial charge >= 0.3 is 0 Å². The van der Waals surface area contributed by atoms with Crippen LogP contribution in [0, 0.1) is 5.92 Å². The van der Waals surface area contributed by atoms with E-state index in [0.29, 0.717) is 12.5 Å². The summed E-state index contributed by atoms with van der Waals surface area (Å²) < 4.78 is 5.83. The van der Waals surface area contributed by atoms with Gasteiger partial charge in [-0.15, -0.1) is 0 Å². The normalized spacial score (nSPS) is 32.6. The molecule has 3 heteroatoms. The minimum atomic E-state index is -0.393. The molecule has 0 aromatic carbocycles. The Hall–Kier alpha value is -0.120. The molecule has 1 rings (SSSR count). The molecule has 0 aliphatic heterocycles. The smallest absolute Gasteiger partial charge is 0.0807 e. The molecule has 0 aromatic rings. The molecule has 4 unspecified atom stereocenters. The largest absolute Gasteiger partial charge is 0.391 e. The molecule has 0 saturated heterocycles. The molecule has 1 saturated carbocycles. The van der Waals surface area contributed by atoms with Crippen LogP contribution in [0.2, 0.25) is 0 Å². The molecule has 0 heterocycles. The molecule has 1 fully saturated rings. The summed E-state index contributed by atoms with van der Waals surface area (Å²) in [7, 11) is 0. The molecule has 1 aliphatic carbocycles. The summed E-state index contributed by atoms with van der Waals surface area (Å²) in [6.07, 6.45) is 4.56. The topological polar surface area (TPSA) is 55.5 Å². The molecule has 0 amide bonds. The van der Waals surface area contributed by atoms with Crippen LogP contribution in [0.5, 0.6) is 0 Å². The molecule has 0 radical (unpaired) electrons. The third-order valence-electron chi connectivity index (χ3n) is 3.21. The van der Waals surface area contributed by atoms with Crippen LogP contribution in [0.4, 0.5) is 0 Å². The zero-order valence-electron chi connectivity index (χ0n) is 9.28. The first-order chi connectivity index (χ1) is 6.65. The molecular formula is C11H23NO2. The second kappa shape index (κ2) is 5.69. The number of rotatable bonds is 4. The second-order valence-electron chi connectivity index (χ2n) is 4.40. The number of hydrogen-bond donors (Lipinski definition) is 2. The fourth-order valence-electron chi connectivity index (χ4n) is 2.01. The molecule has 4 atom stereocenters. The third kappa shape index (κ3) is 3.23. The third-order valence-corrected chi connectivity index (χ3v) is 3.21. The monoisotopic (exact) mass is 201 g/mol. The van der Waals surface area contributed by atoms with E-state index in [9.17, 15) is 5.11 Å². The molecular weight excluding hydrogens is 178 g/mol. The highest BCUT2D eigenvalue weighted by atomic mass is 16.5. The van der Waals surface area contributed by atoms with Gasteiger partial charge in [0.05, 0.1) is 18.3 Å². The Kier molecular flexibility index (Phi) is 4.85. The summed E-state index contributed by atoms with van der Waals surface area (Å²) in [4.78, 5) is 0. The van der Waals surface area contributed by atoms with E-state index in [-0.39, 0.29) is 12.2 Å². The van der Waals surface area contributed by atoms with Crippen LogP contribution in [-0.4, -0.2) is 30.0 Å². The second-order valence-corrected chi connectivity index (χ2v) is 4.40. The number of nitrogens with two attached hydrogens (primary N) is 1. The summed E-state index contributed by atoms with van der Waals surface area (Å²) in [5.74, 6) is 0.491. The van der Waals surface area contributed by atoms with Crippen molar-refractivity contribution in [2.24, 2.45) is 11.7 Å². The zero-order chi connectivity index (χ0) is 10.6. The first-order valence-electron chi connectivity index (χ1n) is 5.68. The van der Waals surface area contributed by atoms with E-state index < -0.39 is 6.10 Å². The van der Waals surface area contributed by atoms with Gasteiger partial charge in [-0.3, -0.25) is 0 Å². The maximum Gasteiger partial charge on any atom is 0.0807 e.